The van der Waals surface area contributed by atoms with E-state index in [-0.39, 0.29) is 5.11 Å². The van der Waals surface area contributed by atoms with E-state index in [0.29, 0.717) is 35.8 Å². The minimum Gasteiger partial charge on any atom is -0.496 e. The number of para-hydroxylation sites is 1. The molecule has 176 valence electrons. The molecule has 0 unspecified atom stereocenters. The molecule has 2 amide bonds. The van der Waals surface area contributed by atoms with Crippen LogP contribution in [0.25, 0.3) is 0 Å². The van der Waals surface area contributed by atoms with Gasteiger partial charge in [-0.1, -0.05) is 24.3 Å². The fraction of sp³-hybridized carbons (Fsp3) is 0.125. The van der Waals surface area contributed by atoms with Gasteiger partial charge in [0.1, 0.15) is 30.5 Å². The van der Waals surface area contributed by atoms with Gasteiger partial charge in [0.05, 0.1) is 10.7 Å². The molecule has 0 saturated carbocycles. The number of amides is 2. The van der Waals surface area contributed by atoms with Gasteiger partial charge in [0, 0.05) is 11.1 Å². The van der Waals surface area contributed by atoms with Gasteiger partial charge in [-0.3, -0.25) is 25.8 Å². The largest absolute Gasteiger partial charge is 0.496 e. The maximum absolute atomic E-state index is 12.5. The highest BCUT2D eigenvalue weighted by Gasteiger charge is 2.12. The Morgan fingerprint density at radius 3 is 2.21 bits per heavy atom. The highest BCUT2D eigenvalue weighted by atomic mass is 127. The van der Waals surface area contributed by atoms with Crippen LogP contribution in [-0.4, -0.2) is 37.3 Å². The van der Waals surface area contributed by atoms with Crippen molar-refractivity contribution in [2.75, 3.05) is 20.3 Å². The Balaban J connectivity index is 1.44. The van der Waals surface area contributed by atoms with Gasteiger partial charge in [0.25, 0.3) is 11.8 Å². The van der Waals surface area contributed by atoms with Gasteiger partial charge < -0.3 is 14.2 Å². The summed E-state index contributed by atoms with van der Waals surface area (Å²) in [5, 5.41) is 2.46. The second-order valence-electron chi connectivity index (χ2n) is 6.75. The number of rotatable bonds is 8. The molecule has 0 radical (unpaired) electrons. The summed E-state index contributed by atoms with van der Waals surface area (Å²) in [7, 11) is 1.56. The number of hydrogen-bond acceptors (Lipinski definition) is 6. The molecule has 0 spiro atoms. The van der Waals surface area contributed by atoms with Crippen LogP contribution in [0.2, 0.25) is 0 Å². The van der Waals surface area contributed by atoms with Crippen molar-refractivity contribution in [3.8, 4) is 17.2 Å². The Kier molecular flexibility index (Phi) is 9.47. The topological polar surface area (TPSA) is 97.9 Å². The first-order valence-electron chi connectivity index (χ1n) is 10.1. The smallest absolute Gasteiger partial charge is 0.269 e. The first-order valence-corrected chi connectivity index (χ1v) is 11.6. The third-order valence-corrected chi connectivity index (χ3v) is 5.44. The zero-order valence-corrected chi connectivity index (χ0v) is 21.1. The van der Waals surface area contributed by atoms with E-state index in [4.69, 9.17) is 26.4 Å². The first-order chi connectivity index (χ1) is 16.5. The number of benzene rings is 3. The summed E-state index contributed by atoms with van der Waals surface area (Å²) in [6.45, 7) is 0.678. The Bertz CT molecular complexity index is 1160. The molecule has 34 heavy (non-hydrogen) atoms. The normalized spacial score (nSPS) is 10.1. The predicted molar refractivity (Wildman–Crippen MR) is 140 cm³/mol. The fourth-order valence-corrected chi connectivity index (χ4v) is 3.64. The minimum absolute atomic E-state index is 0.0517. The van der Waals surface area contributed by atoms with Crippen molar-refractivity contribution in [1.29, 1.82) is 0 Å². The van der Waals surface area contributed by atoms with Gasteiger partial charge >= 0.3 is 0 Å². The van der Waals surface area contributed by atoms with E-state index in [1.807, 2.05) is 30.3 Å². The summed E-state index contributed by atoms with van der Waals surface area (Å²) < 4.78 is 17.2. The van der Waals surface area contributed by atoms with Crippen LogP contribution in [0.15, 0.2) is 72.8 Å². The van der Waals surface area contributed by atoms with E-state index in [1.54, 1.807) is 49.6 Å². The Morgan fingerprint density at radius 1 is 0.824 bits per heavy atom. The predicted octanol–water partition coefficient (Wildman–Crippen LogP) is 3.71. The number of thiocarbonyl (C=S) groups is 1. The average Bonchev–Trinajstić information content (AvgIpc) is 2.86. The van der Waals surface area contributed by atoms with Crippen molar-refractivity contribution in [2.24, 2.45) is 0 Å². The molecule has 3 aromatic carbocycles. The molecule has 3 N–H and O–H groups in total. The van der Waals surface area contributed by atoms with Crippen LogP contribution in [0.4, 0.5) is 0 Å². The van der Waals surface area contributed by atoms with Crippen molar-refractivity contribution < 1.29 is 23.8 Å². The number of halogens is 1. The number of nitrogens with one attached hydrogen (secondary N) is 3. The van der Waals surface area contributed by atoms with Crippen molar-refractivity contribution in [1.82, 2.24) is 16.2 Å². The van der Waals surface area contributed by atoms with Crippen LogP contribution in [0.1, 0.15) is 20.7 Å². The molecular formula is C24H22IN3O5S. The average molecular weight is 591 g/mol. The number of hydrazine groups is 1. The molecule has 0 bridgehead atoms. The van der Waals surface area contributed by atoms with Gasteiger partial charge in [-0.25, -0.2) is 0 Å². The molecule has 10 heteroatoms. The highest BCUT2D eigenvalue weighted by Crippen LogP contribution is 2.21. The monoisotopic (exact) mass is 591 g/mol. The quantitative estimate of drug-likeness (QED) is 0.159. The number of hydrogen-bond donors (Lipinski definition) is 3. The van der Waals surface area contributed by atoms with Gasteiger partial charge in [-0.2, -0.15) is 0 Å². The standard InChI is InChI=1S/C24H22IN3O5S/c1-31-21-11-10-17(15-20(21)25)23(30)27-28-24(34)26-22(29)16-6-5-9-19(14-16)33-13-12-32-18-7-3-2-4-8-18/h2-11,14-15H,12-13H2,1H3,(H,27,30)(H2,26,28,29,34). The van der Waals surface area contributed by atoms with Gasteiger partial charge in [0.2, 0.25) is 0 Å². The number of carbonyl (C=O) groups is 2. The van der Waals surface area contributed by atoms with Gasteiger partial charge in [-0.05, 0) is 83.3 Å². The lowest BCUT2D eigenvalue weighted by molar-refractivity contribution is 0.0934. The lowest BCUT2D eigenvalue weighted by Gasteiger charge is -2.12. The Hall–Kier alpha value is -3.38. The molecule has 0 fully saturated rings. The van der Waals surface area contributed by atoms with E-state index >= 15 is 0 Å². The second-order valence-corrected chi connectivity index (χ2v) is 8.32. The van der Waals surface area contributed by atoms with Crippen molar-refractivity contribution in [2.45, 2.75) is 0 Å². The van der Waals surface area contributed by atoms with Crippen LogP contribution in [0, 0.1) is 3.57 Å². The third kappa shape index (κ3) is 7.59. The molecule has 3 rings (SSSR count). The first kappa shape index (κ1) is 25.2. The molecule has 3 aromatic rings. The Labute approximate surface area is 216 Å². The zero-order valence-electron chi connectivity index (χ0n) is 18.2. The summed E-state index contributed by atoms with van der Waals surface area (Å²) in [6, 6.07) is 21.1. The van der Waals surface area contributed by atoms with Gasteiger partial charge in [-0.15, -0.1) is 0 Å². The Morgan fingerprint density at radius 2 is 1.50 bits per heavy atom. The van der Waals surface area contributed by atoms with Crippen molar-refractivity contribution in [3.63, 3.8) is 0 Å². The van der Waals surface area contributed by atoms with Crippen LogP contribution in [-0.2, 0) is 0 Å². The van der Waals surface area contributed by atoms with Crippen molar-refractivity contribution in [3.05, 3.63) is 87.5 Å². The molecular weight excluding hydrogens is 569 g/mol. The van der Waals surface area contributed by atoms with Crippen LogP contribution in [0.5, 0.6) is 17.2 Å². The van der Waals surface area contributed by atoms with Crippen LogP contribution < -0.4 is 30.4 Å². The molecule has 8 nitrogen and oxygen atoms in total. The number of carbonyl (C=O) groups excluding carboxylic acids is 2. The maximum Gasteiger partial charge on any atom is 0.269 e. The molecule has 0 aliphatic rings. The maximum atomic E-state index is 12.5. The lowest BCUT2D eigenvalue weighted by Crippen LogP contribution is -2.48. The SMILES string of the molecule is COc1ccc(C(=O)NNC(=S)NC(=O)c2cccc(OCCOc3ccccc3)c2)cc1I. The van der Waals surface area contributed by atoms with Gasteiger partial charge in [0.15, 0.2) is 5.11 Å². The summed E-state index contributed by atoms with van der Waals surface area (Å²) in [6.07, 6.45) is 0. The molecule has 0 aromatic heterocycles. The molecule has 0 atom stereocenters. The second kappa shape index (κ2) is 12.8. The molecule has 0 heterocycles. The van der Waals surface area contributed by atoms with E-state index in [2.05, 4.69) is 38.8 Å². The molecule has 0 saturated heterocycles. The van der Waals surface area contributed by atoms with E-state index in [0.717, 1.165) is 9.32 Å². The highest BCUT2D eigenvalue weighted by molar-refractivity contribution is 14.1. The zero-order chi connectivity index (χ0) is 24.3. The molecule has 0 aliphatic heterocycles. The van der Waals surface area contributed by atoms with Crippen molar-refractivity contribution >= 4 is 51.7 Å². The number of methoxy groups -OCH3 is 1. The third-order valence-electron chi connectivity index (χ3n) is 4.39. The summed E-state index contributed by atoms with van der Waals surface area (Å²) in [4.78, 5) is 24.8. The summed E-state index contributed by atoms with van der Waals surface area (Å²) >= 11 is 7.18. The fourth-order valence-electron chi connectivity index (χ4n) is 2.76. The summed E-state index contributed by atoms with van der Waals surface area (Å²) in [5.41, 5.74) is 5.73. The summed E-state index contributed by atoms with van der Waals surface area (Å²) in [5.74, 6) is 1.09. The van der Waals surface area contributed by atoms with Crippen LogP contribution >= 0.6 is 34.8 Å². The van der Waals surface area contributed by atoms with E-state index in [1.165, 1.54) is 0 Å². The number of ether oxygens (including phenoxy) is 3. The van der Waals surface area contributed by atoms with E-state index < -0.39 is 11.8 Å². The van der Waals surface area contributed by atoms with E-state index in [9.17, 15) is 9.59 Å². The lowest BCUT2D eigenvalue weighted by atomic mass is 10.2. The minimum atomic E-state index is -0.447. The van der Waals surface area contributed by atoms with Crippen LogP contribution in [0.3, 0.4) is 0 Å². The molecule has 0 aliphatic carbocycles.